The molecule has 0 aliphatic carbocycles. The van der Waals surface area contributed by atoms with E-state index in [0.717, 1.165) is 11.6 Å². The van der Waals surface area contributed by atoms with Crippen LogP contribution in [-0.4, -0.2) is 18.4 Å². The van der Waals surface area contributed by atoms with Crippen LogP contribution in [0.25, 0.3) is 0 Å². The highest BCUT2D eigenvalue weighted by molar-refractivity contribution is 5.99. The highest BCUT2D eigenvalue weighted by atomic mass is 19.1. The van der Waals surface area contributed by atoms with E-state index in [9.17, 15) is 14.0 Å². The molecule has 0 atom stereocenters. The molecule has 2 amide bonds. The van der Waals surface area contributed by atoms with Crippen LogP contribution in [0.5, 0.6) is 11.5 Å². The van der Waals surface area contributed by atoms with Crippen molar-refractivity contribution in [3.8, 4) is 11.5 Å². The Hall–Kier alpha value is -3.67. The lowest BCUT2D eigenvalue weighted by Crippen LogP contribution is -2.32. The van der Waals surface area contributed by atoms with Crippen molar-refractivity contribution in [3.63, 3.8) is 0 Å². The first-order valence-corrected chi connectivity index (χ1v) is 8.68. The van der Waals surface area contributed by atoms with Crippen molar-refractivity contribution in [1.82, 2.24) is 5.32 Å². The summed E-state index contributed by atoms with van der Waals surface area (Å²) < 4.78 is 19.0. The van der Waals surface area contributed by atoms with E-state index in [1.165, 1.54) is 18.2 Å². The number of anilines is 1. The van der Waals surface area contributed by atoms with Crippen molar-refractivity contribution in [2.75, 3.05) is 11.9 Å². The molecule has 3 rings (SSSR count). The maximum atomic E-state index is 13.2. The van der Waals surface area contributed by atoms with Gasteiger partial charge in [0.1, 0.15) is 11.6 Å². The van der Waals surface area contributed by atoms with Crippen molar-refractivity contribution in [2.24, 2.45) is 0 Å². The van der Waals surface area contributed by atoms with E-state index in [2.05, 4.69) is 10.6 Å². The summed E-state index contributed by atoms with van der Waals surface area (Å²) in [5.74, 6) is -0.331. The molecule has 6 heteroatoms. The van der Waals surface area contributed by atoms with Crippen LogP contribution >= 0.6 is 0 Å². The molecule has 3 aromatic carbocycles. The van der Waals surface area contributed by atoms with Gasteiger partial charge in [0.05, 0.1) is 12.2 Å². The van der Waals surface area contributed by atoms with Crippen LogP contribution in [0.3, 0.4) is 0 Å². The van der Waals surface area contributed by atoms with Crippen molar-refractivity contribution >= 4 is 17.5 Å². The standard InChI is InChI=1S/C22H19FN2O3/c1-15-6-4-9-18(12-15)28-20-11-3-2-10-19(20)25-21(26)14-24-22(27)16-7-5-8-17(23)13-16/h2-13H,14H2,1H3,(H,24,27)(H,25,26). The van der Waals surface area contributed by atoms with Crippen molar-refractivity contribution in [1.29, 1.82) is 0 Å². The van der Waals surface area contributed by atoms with Crippen LogP contribution < -0.4 is 15.4 Å². The molecule has 2 N–H and O–H groups in total. The highest BCUT2D eigenvalue weighted by Crippen LogP contribution is 2.29. The number of aryl methyl sites for hydroxylation is 1. The first-order chi connectivity index (χ1) is 13.5. The number of benzene rings is 3. The van der Waals surface area contributed by atoms with Crippen LogP contribution in [0.4, 0.5) is 10.1 Å². The van der Waals surface area contributed by atoms with E-state index < -0.39 is 17.6 Å². The summed E-state index contributed by atoms with van der Waals surface area (Å²) in [5, 5.41) is 5.18. The average molecular weight is 378 g/mol. The maximum Gasteiger partial charge on any atom is 0.251 e. The minimum atomic E-state index is -0.529. The summed E-state index contributed by atoms with van der Waals surface area (Å²) in [4.78, 5) is 24.2. The minimum absolute atomic E-state index is 0.149. The van der Waals surface area contributed by atoms with Crippen LogP contribution in [0.2, 0.25) is 0 Å². The molecule has 0 saturated carbocycles. The van der Waals surface area contributed by atoms with E-state index >= 15 is 0 Å². The Morgan fingerprint density at radius 1 is 0.964 bits per heavy atom. The molecule has 0 aromatic heterocycles. The van der Waals surface area contributed by atoms with Crippen molar-refractivity contribution in [2.45, 2.75) is 6.92 Å². The second-order valence-corrected chi connectivity index (χ2v) is 6.16. The lowest BCUT2D eigenvalue weighted by Gasteiger charge is -2.13. The third kappa shape index (κ3) is 5.17. The van der Waals surface area contributed by atoms with E-state index in [1.54, 1.807) is 24.3 Å². The minimum Gasteiger partial charge on any atom is -0.455 e. The van der Waals surface area contributed by atoms with Crippen LogP contribution in [-0.2, 0) is 4.79 Å². The summed E-state index contributed by atoms with van der Waals surface area (Å²) >= 11 is 0. The average Bonchev–Trinajstić information content (AvgIpc) is 2.68. The third-order valence-electron chi connectivity index (χ3n) is 3.87. The fourth-order valence-corrected chi connectivity index (χ4v) is 2.55. The van der Waals surface area contributed by atoms with Crippen molar-refractivity contribution in [3.05, 3.63) is 89.7 Å². The Morgan fingerprint density at radius 3 is 2.54 bits per heavy atom. The molecular formula is C22H19FN2O3. The fraction of sp³-hybridized carbons (Fsp3) is 0.0909. The lowest BCUT2D eigenvalue weighted by molar-refractivity contribution is -0.115. The molecule has 142 valence electrons. The molecule has 0 heterocycles. The number of hydrogen-bond donors (Lipinski definition) is 2. The zero-order valence-corrected chi connectivity index (χ0v) is 15.2. The summed E-state index contributed by atoms with van der Waals surface area (Å²) in [6.45, 7) is 1.70. The topological polar surface area (TPSA) is 67.4 Å². The van der Waals surface area contributed by atoms with E-state index in [-0.39, 0.29) is 12.1 Å². The maximum absolute atomic E-state index is 13.2. The first kappa shape index (κ1) is 19.1. The SMILES string of the molecule is Cc1cccc(Oc2ccccc2NC(=O)CNC(=O)c2cccc(F)c2)c1. The molecule has 0 radical (unpaired) electrons. The molecule has 0 saturated heterocycles. The number of para-hydroxylation sites is 2. The van der Waals surface area contributed by atoms with Gasteiger partial charge in [0.2, 0.25) is 5.91 Å². The fourth-order valence-electron chi connectivity index (χ4n) is 2.55. The number of nitrogens with one attached hydrogen (secondary N) is 2. The van der Waals surface area contributed by atoms with Gasteiger partial charge >= 0.3 is 0 Å². The van der Waals surface area contributed by atoms with Gasteiger partial charge in [0, 0.05) is 5.56 Å². The third-order valence-corrected chi connectivity index (χ3v) is 3.87. The second-order valence-electron chi connectivity index (χ2n) is 6.16. The van der Waals surface area contributed by atoms with Gasteiger partial charge in [-0.3, -0.25) is 9.59 Å². The van der Waals surface area contributed by atoms with Gasteiger partial charge in [-0.05, 0) is 55.0 Å². The molecule has 28 heavy (non-hydrogen) atoms. The van der Waals surface area contributed by atoms with Crippen LogP contribution in [0.1, 0.15) is 15.9 Å². The van der Waals surface area contributed by atoms with Crippen LogP contribution in [0, 0.1) is 12.7 Å². The predicted octanol–water partition coefficient (Wildman–Crippen LogP) is 4.29. The van der Waals surface area contributed by atoms with Gasteiger partial charge < -0.3 is 15.4 Å². The van der Waals surface area contributed by atoms with Crippen LogP contribution in [0.15, 0.2) is 72.8 Å². The number of amides is 2. The number of carbonyl (C=O) groups is 2. The molecule has 0 spiro atoms. The largest absolute Gasteiger partial charge is 0.455 e. The molecule has 0 unspecified atom stereocenters. The highest BCUT2D eigenvalue weighted by Gasteiger charge is 2.11. The van der Waals surface area contributed by atoms with Gasteiger partial charge in [0.15, 0.2) is 5.75 Å². The molecule has 0 aliphatic rings. The summed E-state index contributed by atoms with van der Waals surface area (Å²) in [6.07, 6.45) is 0. The Kier molecular flexibility index (Phi) is 6.01. The second kappa shape index (κ2) is 8.81. The van der Waals surface area contributed by atoms with E-state index in [0.29, 0.717) is 17.2 Å². The quantitative estimate of drug-likeness (QED) is 0.672. The number of ether oxygens (including phenoxy) is 1. The molecule has 3 aromatic rings. The van der Waals surface area contributed by atoms with E-state index in [1.807, 2.05) is 31.2 Å². The zero-order chi connectivity index (χ0) is 19.9. The zero-order valence-electron chi connectivity index (χ0n) is 15.2. The van der Waals surface area contributed by atoms with Gasteiger partial charge in [-0.15, -0.1) is 0 Å². The Labute approximate surface area is 162 Å². The van der Waals surface area contributed by atoms with Gasteiger partial charge in [0.25, 0.3) is 5.91 Å². The van der Waals surface area contributed by atoms with Gasteiger partial charge in [-0.25, -0.2) is 4.39 Å². The Morgan fingerprint density at radius 2 is 1.75 bits per heavy atom. The number of hydrogen-bond acceptors (Lipinski definition) is 3. The summed E-state index contributed by atoms with van der Waals surface area (Å²) in [6, 6.07) is 19.8. The smallest absolute Gasteiger partial charge is 0.251 e. The molecule has 0 fully saturated rings. The normalized spacial score (nSPS) is 10.2. The number of carbonyl (C=O) groups excluding carboxylic acids is 2. The lowest BCUT2D eigenvalue weighted by atomic mass is 10.2. The molecule has 0 aliphatic heterocycles. The van der Waals surface area contributed by atoms with Gasteiger partial charge in [-0.1, -0.05) is 30.3 Å². The molecule has 0 bridgehead atoms. The Balaban J connectivity index is 1.62. The summed E-state index contributed by atoms with van der Waals surface area (Å²) in [7, 11) is 0. The monoisotopic (exact) mass is 378 g/mol. The molecule has 5 nitrogen and oxygen atoms in total. The first-order valence-electron chi connectivity index (χ1n) is 8.68. The van der Waals surface area contributed by atoms with E-state index in [4.69, 9.17) is 4.74 Å². The molecular weight excluding hydrogens is 359 g/mol. The predicted molar refractivity (Wildman–Crippen MR) is 105 cm³/mol. The number of rotatable bonds is 6. The Bertz CT molecular complexity index is 1000. The van der Waals surface area contributed by atoms with Gasteiger partial charge in [-0.2, -0.15) is 0 Å². The number of halogens is 1. The summed E-state index contributed by atoms with van der Waals surface area (Å²) in [5.41, 5.74) is 1.68. The van der Waals surface area contributed by atoms with Crippen molar-refractivity contribution < 1.29 is 18.7 Å².